The van der Waals surface area contributed by atoms with Gasteiger partial charge in [0.1, 0.15) is 5.82 Å². The molecule has 0 unspecified atom stereocenters. The molecule has 1 heterocycles. The van der Waals surface area contributed by atoms with Crippen molar-refractivity contribution >= 4 is 11.8 Å². The first-order valence-corrected chi connectivity index (χ1v) is 6.80. The van der Waals surface area contributed by atoms with Crippen molar-refractivity contribution in [2.75, 3.05) is 20.1 Å². The largest absolute Gasteiger partial charge is 0.359 e. The fourth-order valence-corrected chi connectivity index (χ4v) is 2.51. The van der Waals surface area contributed by atoms with Crippen LogP contribution in [0.4, 0.5) is 4.39 Å². The number of amides is 2. The van der Waals surface area contributed by atoms with Gasteiger partial charge < -0.3 is 10.2 Å². The Balaban J connectivity index is 2.03. The van der Waals surface area contributed by atoms with E-state index in [4.69, 9.17) is 0 Å². The second-order valence-electron chi connectivity index (χ2n) is 5.16. The fourth-order valence-electron chi connectivity index (χ4n) is 2.51. The summed E-state index contributed by atoms with van der Waals surface area (Å²) in [5.41, 5.74) is 0.895. The second-order valence-corrected chi connectivity index (χ2v) is 5.16. The molecular weight excluding hydrogens is 259 g/mol. The number of carbonyl (C=O) groups is 2. The Morgan fingerprint density at radius 1 is 1.30 bits per heavy atom. The minimum absolute atomic E-state index is 0.0126. The highest BCUT2D eigenvalue weighted by atomic mass is 19.1. The predicted molar refractivity (Wildman–Crippen MR) is 73.8 cm³/mol. The average molecular weight is 278 g/mol. The highest BCUT2D eigenvalue weighted by Gasteiger charge is 2.28. The van der Waals surface area contributed by atoms with E-state index in [0.29, 0.717) is 25.9 Å². The monoisotopic (exact) mass is 278 g/mol. The molecule has 1 aliphatic rings. The number of nitrogens with zero attached hydrogens (tertiary/aromatic N) is 1. The number of aryl methyl sites for hydroxylation is 1. The van der Waals surface area contributed by atoms with Crippen LogP contribution in [0.3, 0.4) is 0 Å². The molecule has 0 aromatic heterocycles. The van der Waals surface area contributed by atoms with Crippen LogP contribution in [-0.2, 0) is 4.79 Å². The third-order valence-electron chi connectivity index (χ3n) is 3.75. The number of hydrogen-bond donors (Lipinski definition) is 1. The zero-order chi connectivity index (χ0) is 14.7. The Hall–Kier alpha value is -1.91. The number of carbonyl (C=O) groups excluding carboxylic acids is 2. The third-order valence-corrected chi connectivity index (χ3v) is 3.75. The number of hydrogen-bond acceptors (Lipinski definition) is 2. The summed E-state index contributed by atoms with van der Waals surface area (Å²) in [6.07, 6.45) is 1.25. The third kappa shape index (κ3) is 2.98. The van der Waals surface area contributed by atoms with Gasteiger partial charge in [-0.15, -0.1) is 0 Å². The molecule has 0 saturated carbocycles. The van der Waals surface area contributed by atoms with Gasteiger partial charge in [0, 0.05) is 26.1 Å². The topological polar surface area (TPSA) is 49.4 Å². The normalized spacial score (nSPS) is 16.1. The Morgan fingerprint density at radius 3 is 2.50 bits per heavy atom. The van der Waals surface area contributed by atoms with E-state index in [-0.39, 0.29) is 23.3 Å². The lowest BCUT2D eigenvalue weighted by molar-refractivity contribution is -0.125. The molecule has 0 bridgehead atoms. The Morgan fingerprint density at radius 2 is 1.95 bits per heavy atom. The van der Waals surface area contributed by atoms with Crippen molar-refractivity contribution in [1.82, 2.24) is 10.2 Å². The zero-order valence-electron chi connectivity index (χ0n) is 11.8. The maximum absolute atomic E-state index is 13.8. The number of nitrogens with one attached hydrogen (secondary N) is 1. The van der Waals surface area contributed by atoms with Gasteiger partial charge in [-0.05, 0) is 37.5 Å². The summed E-state index contributed by atoms with van der Waals surface area (Å²) in [4.78, 5) is 25.4. The maximum atomic E-state index is 13.8. The Kier molecular flexibility index (Phi) is 4.37. The molecule has 0 atom stereocenters. The van der Waals surface area contributed by atoms with Crippen LogP contribution in [0.15, 0.2) is 18.2 Å². The molecule has 0 aliphatic carbocycles. The number of benzene rings is 1. The van der Waals surface area contributed by atoms with Gasteiger partial charge in [0.05, 0.1) is 5.56 Å². The van der Waals surface area contributed by atoms with Crippen LogP contribution in [0.2, 0.25) is 0 Å². The van der Waals surface area contributed by atoms with E-state index in [1.165, 1.54) is 12.1 Å². The molecule has 2 rings (SSSR count). The lowest BCUT2D eigenvalue weighted by Gasteiger charge is -2.31. The van der Waals surface area contributed by atoms with Gasteiger partial charge in [-0.25, -0.2) is 4.39 Å². The van der Waals surface area contributed by atoms with Gasteiger partial charge in [-0.2, -0.15) is 0 Å². The molecule has 20 heavy (non-hydrogen) atoms. The first-order valence-electron chi connectivity index (χ1n) is 6.80. The van der Waals surface area contributed by atoms with Crippen LogP contribution in [0.1, 0.15) is 28.8 Å². The number of piperidine rings is 1. The molecule has 0 spiro atoms. The molecule has 1 fully saturated rings. The summed E-state index contributed by atoms with van der Waals surface area (Å²) < 4.78 is 13.8. The molecule has 2 amide bonds. The fraction of sp³-hybridized carbons (Fsp3) is 0.467. The maximum Gasteiger partial charge on any atom is 0.256 e. The SMILES string of the molecule is CNC(=O)C1CCN(C(=O)c2ccc(C)cc2F)CC1. The lowest BCUT2D eigenvalue weighted by atomic mass is 9.95. The van der Waals surface area contributed by atoms with E-state index in [9.17, 15) is 14.0 Å². The molecular formula is C15H19FN2O2. The summed E-state index contributed by atoms with van der Waals surface area (Å²) in [6, 6.07) is 4.62. The van der Waals surface area contributed by atoms with Crippen molar-refractivity contribution in [3.05, 3.63) is 35.1 Å². The summed E-state index contributed by atoms with van der Waals surface area (Å²) >= 11 is 0. The molecule has 1 aromatic rings. The van der Waals surface area contributed by atoms with Crippen LogP contribution in [0, 0.1) is 18.7 Å². The van der Waals surface area contributed by atoms with Crippen molar-refractivity contribution in [2.45, 2.75) is 19.8 Å². The van der Waals surface area contributed by atoms with Crippen molar-refractivity contribution in [3.63, 3.8) is 0 Å². The van der Waals surface area contributed by atoms with E-state index in [0.717, 1.165) is 5.56 Å². The standard InChI is InChI=1S/C15H19FN2O2/c1-10-3-4-12(13(16)9-10)15(20)18-7-5-11(6-8-18)14(19)17-2/h3-4,9,11H,5-8H2,1-2H3,(H,17,19). The van der Waals surface area contributed by atoms with Crippen LogP contribution < -0.4 is 5.32 Å². The summed E-state index contributed by atoms with van der Waals surface area (Å²) in [5, 5.41) is 2.62. The minimum Gasteiger partial charge on any atom is -0.359 e. The molecule has 1 aromatic carbocycles. The van der Waals surface area contributed by atoms with Crippen molar-refractivity contribution < 1.29 is 14.0 Å². The predicted octanol–water partition coefficient (Wildman–Crippen LogP) is 1.73. The first kappa shape index (κ1) is 14.5. The number of likely N-dealkylation sites (tertiary alicyclic amines) is 1. The second kappa shape index (κ2) is 6.03. The molecule has 108 valence electrons. The highest BCUT2D eigenvalue weighted by Crippen LogP contribution is 2.20. The molecule has 5 heteroatoms. The van der Waals surface area contributed by atoms with Crippen LogP contribution in [0.25, 0.3) is 0 Å². The van der Waals surface area contributed by atoms with Gasteiger partial charge in [0.2, 0.25) is 5.91 Å². The van der Waals surface area contributed by atoms with Crippen LogP contribution in [0.5, 0.6) is 0 Å². The average Bonchev–Trinajstić information content (AvgIpc) is 2.46. The van der Waals surface area contributed by atoms with E-state index < -0.39 is 5.82 Å². The highest BCUT2D eigenvalue weighted by molar-refractivity contribution is 5.94. The van der Waals surface area contributed by atoms with Crippen LogP contribution >= 0.6 is 0 Å². The Bertz CT molecular complexity index is 523. The van der Waals surface area contributed by atoms with Gasteiger partial charge in [-0.1, -0.05) is 6.07 Å². The summed E-state index contributed by atoms with van der Waals surface area (Å²) in [5.74, 6) is -0.813. The summed E-state index contributed by atoms with van der Waals surface area (Å²) in [7, 11) is 1.61. The Labute approximate surface area is 118 Å². The lowest BCUT2D eigenvalue weighted by Crippen LogP contribution is -2.42. The van der Waals surface area contributed by atoms with Gasteiger partial charge in [0.15, 0.2) is 0 Å². The van der Waals surface area contributed by atoms with Crippen molar-refractivity contribution in [1.29, 1.82) is 0 Å². The van der Waals surface area contributed by atoms with E-state index in [2.05, 4.69) is 5.32 Å². The minimum atomic E-state index is -0.483. The van der Waals surface area contributed by atoms with Crippen LogP contribution in [-0.4, -0.2) is 36.9 Å². The number of rotatable bonds is 2. The molecule has 1 saturated heterocycles. The van der Waals surface area contributed by atoms with E-state index in [1.807, 2.05) is 0 Å². The van der Waals surface area contributed by atoms with Crippen molar-refractivity contribution in [2.24, 2.45) is 5.92 Å². The molecule has 4 nitrogen and oxygen atoms in total. The van der Waals surface area contributed by atoms with Gasteiger partial charge >= 0.3 is 0 Å². The molecule has 1 aliphatic heterocycles. The number of halogens is 1. The summed E-state index contributed by atoms with van der Waals surface area (Å²) in [6.45, 7) is 2.76. The quantitative estimate of drug-likeness (QED) is 0.895. The molecule has 0 radical (unpaired) electrons. The smallest absolute Gasteiger partial charge is 0.256 e. The first-order chi connectivity index (χ1) is 9.52. The molecule has 1 N–H and O–H groups in total. The zero-order valence-corrected chi connectivity index (χ0v) is 11.8. The van der Waals surface area contributed by atoms with Gasteiger partial charge in [0.25, 0.3) is 5.91 Å². The van der Waals surface area contributed by atoms with E-state index in [1.54, 1.807) is 24.9 Å². The van der Waals surface area contributed by atoms with Crippen molar-refractivity contribution in [3.8, 4) is 0 Å². The van der Waals surface area contributed by atoms with E-state index >= 15 is 0 Å². The van der Waals surface area contributed by atoms with Gasteiger partial charge in [-0.3, -0.25) is 9.59 Å².